The Kier molecular flexibility index (Phi) is 4.57. The van der Waals surface area contributed by atoms with Crippen LogP contribution in [0.4, 0.5) is 0 Å². The fourth-order valence-electron chi connectivity index (χ4n) is 2.96. The van der Waals surface area contributed by atoms with Crippen molar-refractivity contribution in [2.24, 2.45) is 17.1 Å². The molecule has 5 heteroatoms. The van der Waals surface area contributed by atoms with Gasteiger partial charge in [0.1, 0.15) is 11.9 Å². The second kappa shape index (κ2) is 5.65. The van der Waals surface area contributed by atoms with E-state index < -0.39 is 6.10 Å². The summed E-state index contributed by atoms with van der Waals surface area (Å²) >= 11 is 6.68. The second-order valence-corrected chi connectivity index (χ2v) is 6.83. The molecule has 0 amide bonds. The Labute approximate surface area is 124 Å². The Hall–Kier alpha value is 0.160. The third-order valence-electron chi connectivity index (χ3n) is 4.24. The average Bonchev–Trinajstić information content (AvgIpc) is 2.94. The topological polar surface area (TPSA) is 59.4 Å². The first-order valence-electron chi connectivity index (χ1n) is 6.35. The van der Waals surface area contributed by atoms with Gasteiger partial charge in [0, 0.05) is 12.0 Å². The minimum atomic E-state index is -0.623. The zero-order valence-electron chi connectivity index (χ0n) is 10.5. The van der Waals surface area contributed by atoms with E-state index in [0.29, 0.717) is 22.9 Å². The molecule has 1 aliphatic carbocycles. The van der Waals surface area contributed by atoms with E-state index in [1.54, 1.807) is 0 Å². The lowest BCUT2D eigenvalue weighted by atomic mass is 9.78. The number of hydrogen-bond acceptors (Lipinski definition) is 3. The molecule has 102 valence electrons. The molecule has 1 aliphatic rings. The molecule has 18 heavy (non-hydrogen) atoms. The van der Waals surface area contributed by atoms with E-state index >= 15 is 0 Å². The van der Waals surface area contributed by atoms with E-state index in [2.05, 4.69) is 38.8 Å². The molecule has 0 aliphatic heterocycles. The first-order chi connectivity index (χ1) is 8.52. The summed E-state index contributed by atoms with van der Waals surface area (Å²) in [5.41, 5.74) is 5.72. The number of furan rings is 1. The summed E-state index contributed by atoms with van der Waals surface area (Å²) < 4.78 is 7.00. The third-order valence-corrected chi connectivity index (χ3v) is 5.95. The third kappa shape index (κ3) is 2.55. The van der Waals surface area contributed by atoms with E-state index in [1.165, 1.54) is 0 Å². The van der Waals surface area contributed by atoms with E-state index in [0.717, 1.165) is 30.2 Å². The highest BCUT2D eigenvalue weighted by molar-refractivity contribution is 9.13. The van der Waals surface area contributed by atoms with Crippen LogP contribution in [0.25, 0.3) is 0 Å². The highest BCUT2D eigenvalue weighted by Gasteiger charge is 2.45. The highest BCUT2D eigenvalue weighted by atomic mass is 79.9. The van der Waals surface area contributed by atoms with Crippen molar-refractivity contribution in [2.45, 2.75) is 38.7 Å². The van der Waals surface area contributed by atoms with E-state index in [-0.39, 0.29) is 5.41 Å². The first kappa shape index (κ1) is 14.6. The summed E-state index contributed by atoms with van der Waals surface area (Å²) in [7, 11) is 0. The number of halogens is 2. The van der Waals surface area contributed by atoms with Crippen LogP contribution in [0.2, 0.25) is 0 Å². The van der Waals surface area contributed by atoms with Crippen LogP contribution < -0.4 is 5.73 Å². The summed E-state index contributed by atoms with van der Waals surface area (Å²) in [4.78, 5) is 0. The predicted molar refractivity (Wildman–Crippen MR) is 78.2 cm³/mol. The SMILES string of the molecule is CCC1CCC(CN)(C(O)c2cc(Br)c(Br)o2)C1. The lowest BCUT2D eigenvalue weighted by molar-refractivity contribution is 0.0131. The van der Waals surface area contributed by atoms with Crippen molar-refractivity contribution in [1.29, 1.82) is 0 Å². The van der Waals surface area contributed by atoms with Gasteiger partial charge >= 0.3 is 0 Å². The zero-order valence-corrected chi connectivity index (χ0v) is 13.6. The molecule has 3 atom stereocenters. The van der Waals surface area contributed by atoms with Crippen LogP contribution in [0.3, 0.4) is 0 Å². The van der Waals surface area contributed by atoms with Gasteiger partial charge in [-0.05, 0) is 63.1 Å². The summed E-state index contributed by atoms with van der Waals surface area (Å²) in [6, 6.07) is 1.82. The van der Waals surface area contributed by atoms with E-state index in [9.17, 15) is 5.11 Å². The van der Waals surface area contributed by atoms with Gasteiger partial charge in [0.15, 0.2) is 4.67 Å². The Bertz CT molecular complexity index is 402. The molecule has 3 nitrogen and oxygen atoms in total. The Morgan fingerprint density at radius 3 is 2.78 bits per heavy atom. The Balaban J connectivity index is 2.22. The highest BCUT2D eigenvalue weighted by Crippen LogP contribution is 2.51. The van der Waals surface area contributed by atoms with Gasteiger partial charge in [0.2, 0.25) is 0 Å². The fraction of sp³-hybridized carbons (Fsp3) is 0.692. The van der Waals surface area contributed by atoms with Crippen molar-refractivity contribution in [1.82, 2.24) is 0 Å². The van der Waals surface area contributed by atoms with Crippen LogP contribution in [-0.2, 0) is 0 Å². The normalized spacial score (nSPS) is 29.7. The molecular weight excluding hydrogens is 362 g/mol. The standard InChI is InChI=1S/C13H19Br2NO2/c1-2-8-3-4-13(6-8,7-16)11(17)10-5-9(14)12(15)18-10/h5,8,11,17H,2-4,6-7,16H2,1H3. The molecule has 0 bridgehead atoms. The summed E-state index contributed by atoms with van der Waals surface area (Å²) in [5.74, 6) is 1.26. The van der Waals surface area contributed by atoms with Crippen LogP contribution >= 0.6 is 31.9 Å². The van der Waals surface area contributed by atoms with Gasteiger partial charge in [-0.3, -0.25) is 0 Å². The minimum Gasteiger partial charge on any atom is -0.450 e. The van der Waals surface area contributed by atoms with Crippen LogP contribution in [-0.4, -0.2) is 11.7 Å². The summed E-state index contributed by atoms with van der Waals surface area (Å²) in [6.07, 6.45) is 3.63. The van der Waals surface area contributed by atoms with Gasteiger partial charge in [0.25, 0.3) is 0 Å². The maximum atomic E-state index is 10.6. The maximum absolute atomic E-state index is 10.6. The molecular formula is C13H19Br2NO2. The Morgan fingerprint density at radius 2 is 2.33 bits per heavy atom. The van der Waals surface area contributed by atoms with Crippen LogP contribution in [0, 0.1) is 11.3 Å². The van der Waals surface area contributed by atoms with Crippen LogP contribution in [0.5, 0.6) is 0 Å². The molecule has 1 fully saturated rings. The zero-order chi connectivity index (χ0) is 13.3. The maximum Gasteiger partial charge on any atom is 0.183 e. The van der Waals surface area contributed by atoms with Crippen molar-refractivity contribution < 1.29 is 9.52 Å². The quantitative estimate of drug-likeness (QED) is 0.829. The van der Waals surface area contributed by atoms with Gasteiger partial charge in [-0.1, -0.05) is 13.3 Å². The van der Waals surface area contributed by atoms with Crippen molar-refractivity contribution >= 4 is 31.9 Å². The minimum absolute atomic E-state index is 0.225. The molecule has 0 radical (unpaired) electrons. The summed E-state index contributed by atoms with van der Waals surface area (Å²) in [5, 5.41) is 10.6. The van der Waals surface area contributed by atoms with Crippen molar-refractivity contribution in [3.05, 3.63) is 21.0 Å². The molecule has 0 spiro atoms. The van der Waals surface area contributed by atoms with Crippen molar-refractivity contribution in [2.75, 3.05) is 6.54 Å². The average molecular weight is 381 g/mol. The van der Waals surface area contributed by atoms with Gasteiger partial charge in [-0.15, -0.1) is 0 Å². The molecule has 3 unspecified atom stereocenters. The van der Waals surface area contributed by atoms with Crippen LogP contribution in [0.15, 0.2) is 19.6 Å². The van der Waals surface area contributed by atoms with Crippen LogP contribution in [0.1, 0.15) is 44.5 Å². The molecule has 0 saturated heterocycles. The van der Waals surface area contributed by atoms with E-state index in [4.69, 9.17) is 10.2 Å². The van der Waals surface area contributed by atoms with Gasteiger partial charge < -0.3 is 15.3 Å². The first-order valence-corrected chi connectivity index (χ1v) is 7.94. The molecule has 1 aromatic rings. The van der Waals surface area contributed by atoms with Gasteiger partial charge in [-0.25, -0.2) is 0 Å². The molecule has 1 heterocycles. The number of rotatable bonds is 4. The lowest BCUT2D eigenvalue weighted by Crippen LogP contribution is -2.34. The molecule has 1 aromatic heterocycles. The largest absolute Gasteiger partial charge is 0.450 e. The van der Waals surface area contributed by atoms with Crippen molar-refractivity contribution in [3.8, 4) is 0 Å². The summed E-state index contributed by atoms with van der Waals surface area (Å²) in [6.45, 7) is 2.70. The lowest BCUT2D eigenvalue weighted by Gasteiger charge is -2.32. The second-order valence-electron chi connectivity index (χ2n) is 5.26. The molecule has 0 aromatic carbocycles. The number of aliphatic hydroxyl groups is 1. The number of nitrogens with two attached hydrogens (primary N) is 1. The van der Waals surface area contributed by atoms with Gasteiger partial charge in [0.05, 0.1) is 4.47 Å². The Morgan fingerprint density at radius 1 is 1.61 bits per heavy atom. The molecule has 2 rings (SSSR count). The number of aliphatic hydroxyl groups excluding tert-OH is 1. The van der Waals surface area contributed by atoms with E-state index in [1.807, 2.05) is 6.07 Å². The van der Waals surface area contributed by atoms with Crippen molar-refractivity contribution in [3.63, 3.8) is 0 Å². The predicted octanol–water partition coefficient (Wildman–Crippen LogP) is 3.99. The fourth-order valence-corrected chi connectivity index (χ4v) is 3.57. The monoisotopic (exact) mass is 379 g/mol. The smallest absolute Gasteiger partial charge is 0.183 e. The van der Waals surface area contributed by atoms with Gasteiger partial charge in [-0.2, -0.15) is 0 Å². The molecule has 3 N–H and O–H groups in total. The molecule has 1 saturated carbocycles. The number of hydrogen-bond donors (Lipinski definition) is 2.